The molecule has 57 heavy (non-hydrogen) atoms. The van der Waals surface area contributed by atoms with Gasteiger partial charge in [0.25, 0.3) is 5.91 Å². The molecule has 2 aromatic rings. The summed E-state index contributed by atoms with van der Waals surface area (Å²) < 4.78 is 5.85. The first-order chi connectivity index (χ1) is 27.0. The van der Waals surface area contributed by atoms with E-state index in [-0.39, 0.29) is 42.3 Å². The molecule has 1 aromatic heterocycles. The van der Waals surface area contributed by atoms with E-state index in [4.69, 9.17) is 11.2 Å². The maximum absolute atomic E-state index is 14.8. The second-order valence-electron chi connectivity index (χ2n) is 16.1. The number of thiazole rings is 1. The fourth-order valence-corrected chi connectivity index (χ4v) is 8.06. The fourth-order valence-electron chi connectivity index (χ4n) is 7.22. The Morgan fingerprint density at radius 1 is 1.14 bits per heavy atom. The minimum Gasteiger partial charge on any atom is -0.481 e. The zero-order valence-corrected chi connectivity index (χ0v) is 35.7. The quantitative estimate of drug-likeness (QED) is 0.0518. The van der Waals surface area contributed by atoms with Crippen molar-refractivity contribution < 1.29 is 33.8 Å². The highest BCUT2D eigenvalue weighted by Gasteiger charge is 2.38. The molecule has 1 saturated heterocycles. The summed E-state index contributed by atoms with van der Waals surface area (Å²) in [5, 5.41) is 17.9. The van der Waals surface area contributed by atoms with Gasteiger partial charge in [-0.25, -0.2) is 4.98 Å². The summed E-state index contributed by atoms with van der Waals surface area (Å²) in [6.45, 7) is 15.7. The van der Waals surface area contributed by atoms with Gasteiger partial charge in [0.15, 0.2) is 6.10 Å². The highest BCUT2D eigenvalue weighted by atomic mass is 32.1. The molecule has 6 atom stereocenters. The first-order valence-electron chi connectivity index (χ1n) is 20.1. The molecule has 1 aliphatic rings. The Morgan fingerprint density at radius 2 is 1.84 bits per heavy atom. The van der Waals surface area contributed by atoms with Crippen molar-refractivity contribution in [3.63, 3.8) is 0 Å². The number of ether oxygens (including phenoxy) is 1. The number of hydrogen-bond donors (Lipinski definition) is 3. The molecule has 13 heteroatoms. The number of nitrogens with zero attached hydrogens (tertiary/aromatic N) is 3. The number of hydrogen-bond acceptors (Lipinski definition) is 9. The third kappa shape index (κ3) is 14.1. The van der Waals surface area contributed by atoms with Crippen molar-refractivity contribution in [1.82, 2.24) is 25.4 Å². The summed E-state index contributed by atoms with van der Waals surface area (Å²) in [6, 6.07) is 7.26. The molecule has 2 heterocycles. The van der Waals surface area contributed by atoms with Gasteiger partial charge in [0, 0.05) is 37.7 Å². The van der Waals surface area contributed by atoms with Crippen LogP contribution in [0, 0.1) is 23.7 Å². The number of esters is 1. The summed E-state index contributed by atoms with van der Waals surface area (Å²) in [7, 11) is 1.93. The van der Waals surface area contributed by atoms with Crippen molar-refractivity contribution in [3.05, 3.63) is 64.1 Å². The molecule has 1 aromatic carbocycles. The number of likely N-dealkylation sites (tertiary alicyclic amines) is 1. The van der Waals surface area contributed by atoms with Gasteiger partial charge < -0.3 is 25.4 Å². The topological polar surface area (TPSA) is 158 Å². The van der Waals surface area contributed by atoms with Crippen molar-refractivity contribution in [3.8, 4) is 12.3 Å². The summed E-state index contributed by atoms with van der Waals surface area (Å²) in [4.78, 5) is 75.2. The van der Waals surface area contributed by atoms with Crippen molar-refractivity contribution in [2.24, 2.45) is 11.3 Å². The number of carboxylic acids is 1. The van der Waals surface area contributed by atoms with E-state index >= 15 is 0 Å². The van der Waals surface area contributed by atoms with Crippen LogP contribution in [0.25, 0.3) is 0 Å². The Morgan fingerprint density at radius 3 is 2.44 bits per heavy atom. The van der Waals surface area contributed by atoms with Gasteiger partial charge in [-0.1, -0.05) is 69.2 Å². The number of piperidine rings is 1. The Bertz CT molecular complexity index is 1720. The summed E-state index contributed by atoms with van der Waals surface area (Å²) >= 11 is 1.15. The monoisotopic (exact) mass is 805 g/mol. The minimum absolute atomic E-state index is 0.0969. The number of carbonyl (C=O) groups excluding carboxylic acids is 4. The second kappa shape index (κ2) is 22.4. The van der Waals surface area contributed by atoms with E-state index in [2.05, 4.69) is 28.1 Å². The number of rotatable bonds is 22. The predicted molar refractivity (Wildman–Crippen MR) is 223 cm³/mol. The summed E-state index contributed by atoms with van der Waals surface area (Å²) in [5.41, 5.74) is 0.585. The lowest BCUT2D eigenvalue weighted by Gasteiger charge is -2.39. The number of terminal acetylenes is 1. The Balaban J connectivity index is 1.94. The number of nitrogens with one attached hydrogen (secondary N) is 2. The Hall–Kier alpha value is -4.54. The average molecular weight is 806 g/mol. The highest BCUT2D eigenvalue weighted by Crippen LogP contribution is 2.32. The fraction of sp³-hybridized carbons (Fsp3) is 0.591. The maximum Gasteiger partial charge on any atom is 0.309 e. The standard InChI is InChI=1S/C44H63N5O7S/c1-10-12-13-18-24-49(42(53)38(30(5)11-2)47-40(52)35-22-17-19-23-48(35)9)36(29(3)4)26-37(56-31(6)50)41-46-34(28-57-41)39(51)45-33(27-44(7,8)43(54)55)25-32-20-15-14-16-21-32/h1,14-16,20-21,28,30,33,35-38H,3,11-13,17-19,22-27H2,2,4-9H3,(H,45,51)(H,47,52)(H,54,55)/t30-,33-,35+,36+,37+,38-/m0/s1. The minimum atomic E-state index is -1.11. The van der Waals surface area contributed by atoms with E-state index in [1.807, 2.05) is 63.1 Å². The highest BCUT2D eigenvalue weighted by molar-refractivity contribution is 7.09. The number of benzene rings is 1. The van der Waals surface area contributed by atoms with Gasteiger partial charge in [0.2, 0.25) is 11.8 Å². The molecule has 0 radical (unpaired) electrons. The Labute approximate surface area is 343 Å². The number of aliphatic carboxylic acids is 1. The number of amides is 3. The zero-order valence-electron chi connectivity index (χ0n) is 34.8. The van der Waals surface area contributed by atoms with Gasteiger partial charge >= 0.3 is 11.9 Å². The summed E-state index contributed by atoms with van der Waals surface area (Å²) in [6.07, 6.45) is 10.5. The second-order valence-corrected chi connectivity index (χ2v) is 17.0. The van der Waals surface area contributed by atoms with E-state index in [1.165, 1.54) is 6.92 Å². The molecular formula is C44H63N5O7S. The third-order valence-electron chi connectivity index (χ3n) is 10.8. The van der Waals surface area contributed by atoms with E-state index in [0.29, 0.717) is 49.2 Å². The van der Waals surface area contributed by atoms with E-state index < -0.39 is 47.5 Å². The van der Waals surface area contributed by atoms with E-state index in [9.17, 15) is 29.1 Å². The largest absolute Gasteiger partial charge is 0.481 e. The number of likely N-dealkylation sites (N-methyl/N-ethyl adjacent to an activating group) is 1. The van der Waals surface area contributed by atoms with Crippen LogP contribution in [-0.2, 0) is 30.3 Å². The number of carboxylic acid groups (broad SMARTS) is 1. The van der Waals surface area contributed by atoms with Gasteiger partial charge in [-0.2, -0.15) is 0 Å². The van der Waals surface area contributed by atoms with Crippen molar-refractivity contribution in [2.45, 2.75) is 136 Å². The summed E-state index contributed by atoms with van der Waals surface area (Å²) in [5.74, 6) is 0.0454. The van der Waals surface area contributed by atoms with Crippen LogP contribution in [0.4, 0.5) is 0 Å². The first-order valence-corrected chi connectivity index (χ1v) is 21.0. The van der Waals surface area contributed by atoms with Crippen molar-refractivity contribution >= 4 is 41.0 Å². The predicted octanol–water partition coefficient (Wildman–Crippen LogP) is 6.57. The van der Waals surface area contributed by atoms with Gasteiger partial charge in [-0.15, -0.1) is 23.7 Å². The lowest BCUT2D eigenvalue weighted by Crippen LogP contribution is -2.58. The number of unbranched alkanes of at least 4 members (excludes halogenated alkanes) is 2. The van der Waals surface area contributed by atoms with Crippen LogP contribution >= 0.6 is 11.3 Å². The molecule has 0 bridgehead atoms. The molecule has 3 N–H and O–H groups in total. The Kier molecular flexibility index (Phi) is 18.4. The van der Waals surface area contributed by atoms with Gasteiger partial charge in [0.05, 0.1) is 17.5 Å². The number of aromatic nitrogens is 1. The lowest BCUT2D eigenvalue weighted by molar-refractivity contribution is -0.149. The van der Waals surface area contributed by atoms with Crippen molar-refractivity contribution in [2.75, 3.05) is 20.1 Å². The zero-order chi connectivity index (χ0) is 42.3. The lowest BCUT2D eigenvalue weighted by atomic mass is 9.84. The molecule has 0 aliphatic carbocycles. The molecule has 0 saturated carbocycles. The van der Waals surface area contributed by atoms with Gasteiger partial charge in [-0.3, -0.25) is 28.9 Å². The third-order valence-corrected chi connectivity index (χ3v) is 11.8. The van der Waals surface area contributed by atoms with E-state index in [1.54, 1.807) is 24.1 Å². The van der Waals surface area contributed by atoms with Crippen molar-refractivity contribution in [1.29, 1.82) is 0 Å². The van der Waals surface area contributed by atoms with Gasteiger partial charge in [0.1, 0.15) is 16.7 Å². The molecule has 1 fully saturated rings. The maximum atomic E-state index is 14.8. The molecule has 0 unspecified atom stereocenters. The van der Waals surface area contributed by atoms with Crippen LogP contribution in [0.1, 0.15) is 126 Å². The van der Waals surface area contributed by atoms with E-state index in [0.717, 1.165) is 42.7 Å². The van der Waals surface area contributed by atoms with Crippen LogP contribution in [0.3, 0.4) is 0 Å². The molecule has 312 valence electrons. The number of carbonyl (C=O) groups is 5. The van der Waals surface area contributed by atoms with Crippen LogP contribution in [-0.4, -0.2) is 93.9 Å². The first kappa shape index (κ1) is 46.8. The average Bonchev–Trinajstić information content (AvgIpc) is 3.66. The van der Waals surface area contributed by atoms with Crippen LogP contribution < -0.4 is 10.6 Å². The molecule has 3 rings (SSSR count). The molecular weight excluding hydrogens is 743 g/mol. The van der Waals surface area contributed by atoms with Gasteiger partial charge in [-0.05, 0) is 84.4 Å². The normalized spacial score (nSPS) is 17.2. The van der Waals surface area contributed by atoms with Crippen LogP contribution in [0.5, 0.6) is 0 Å². The SMILES string of the molecule is C#CCCCCN(C(=O)[C@@H](NC(=O)[C@H]1CCCCN1C)[C@@H](C)CC)[C@H](C[C@@H](OC(C)=O)c1nc(C(=O)N[C@@H](Cc2ccccc2)CC(C)(C)C(=O)O)cs1)C(=C)C. The van der Waals surface area contributed by atoms with Crippen LogP contribution in [0.15, 0.2) is 47.9 Å². The molecule has 12 nitrogen and oxygen atoms in total. The smallest absolute Gasteiger partial charge is 0.309 e. The molecule has 3 amide bonds. The molecule has 0 spiro atoms. The van der Waals surface area contributed by atoms with Crippen LogP contribution in [0.2, 0.25) is 0 Å². The molecule has 1 aliphatic heterocycles.